The Hall–Kier alpha value is -1.43. The molecule has 0 radical (unpaired) electrons. The van der Waals surface area contributed by atoms with E-state index >= 15 is 0 Å². The summed E-state index contributed by atoms with van der Waals surface area (Å²) in [5.41, 5.74) is 0. The molecule has 1 saturated heterocycles. The van der Waals surface area contributed by atoms with Gasteiger partial charge in [0.05, 0.1) is 6.04 Å². The minimum absolute atomic E-state index is 0.0860. The highest BCUT2D eigenvalue weighted by Gasteiger charge is 2.45. The number of hydrogen-bond acceptors (Lipinski definition) is 5. The number of rotatable bonds is 3. The second-order valence-electron chi connectivity index (χ2n) is 6.29. The maximum atomic E-state index is 13.0. The van der Waals surface area contributed by atoms with E-state index in [0.717, 1.165) is 12.8 Å². The normalized spacial score (nSPS) is 33.1. The number of nitrogens with one attached hydrogen (secondary N) is 1. The maximum absolute atomic E-state index is 13.0. The molecule has 1 aromatic rings. The molecule has 2 aliphatic rings. The van der Waals surface area contributed by atoms with Crippen molar-refractivity contribution in [3.8, 4) is 0 Å². The Kier molecular flexibility index (Phi) is 3.97. The van der Waals surface area contributed by atoms with Crippen LogP contribution >= 0.6 is 0 Å². The molecule has 0 spiro atoms. The third kappa shape index (κ3) is 2.46. The molecule has 3 rings (SSSR count). The van der Waals surface area contributed by atoms with Crippen molar-refractivity contribution in [2.24, 2.45) is 11.8 Å². The van der Waals surface area contributed by atoms with E-state index in [2.05, 4.69) is 22.4 Å². The zero-order chi connectivity index (χ0) is 15.0. The smallest absolute Gasteiger partial charge is 0.273 e. The number of fused-ring (bicyclic) bond motifs is 1. The van der Waals surface area contributed by atoms with Gasteiger partial charge in [-0.1, -0.05) is 20.3 Å². The topological polar surface area (TPSA) is 71.3 Å². The third-order valence-corrected chi connectivity index (χ3v) is 4.98. The average molecular weight is 292 g/mol. The minimum Gasteiger partial charge on any atom is -0.337 e. The largest absolute Gasteiger partial charge is 0.337 e. The Morgan fingerprint density at radius 3 is 2.90 bits per heavy atom. The summed E-state index contributed by atoms with van der Waals surface area (Å²) in [7, 11) is 1.85. The fourth-order valence-corrected chi connectivity index (χ4v) is 3.94. The second-order valence-corrected chi connectivity index (χ2v) is 6.29. The summed E-state index contributed by atoms with van der Waals surface area (Å²) in [6.45, 7) is 4.13. The quantitative estimate of drug-likeness (QED) is 0.919. The number of carbonyl (C=O) groups is 1. The first-order valence-corrected chi connectivity index (χ1v) is 7.98. The molecule has 0 aromatic carbocycles. The van der Waals surface area contributed by atoms with Gasteiger partial charge in [0.2, 0.25) is 11.8 Å². The van der Waals surface area contributed by atoms with Crippen molar-refractivity contribution in [2.75, 3.05) is 11.9 Å². The van der Waals surface area contributed by atoms with Gasteiger partial charge in [-0.25, -0.2) is 0 Å². The van der Waals surface area contributed by atoms with Gasteiger partial charge >= 0.3 is 0 Å². The molecule has 1 aliphatic heterocycles. The molecule has 4 unspecified atom stereocenters. The van der Waals surface area contributed by atoms with Crippen LogP contribution in [0.1, 0.15) is 45.4 Å². The van der Waals surface area contributed by atoms with Crippen LogP contribution in [0.4, 0.5) is 5.95 Å². The molecule has 1 saturated carbocycles. The number of anilines is 1. The van der Waals surface area contributed by atoms with Crippen LogP contribution in [0.3, 0.4) is 0 Å². The van der Waals surface area contributed by atoms with Gasteiger partial charge in [-0.15, -0.1) is 0 Å². The van der Waals surface area contributed by atoms with Gasteiger partial charge in [0, 0.05) is 12.5 Å². The third-order valence-electron chi connectivity index (χ3n) is 4.98. The molecule has 1 aliphatic carbocycles. The van der Waals surface area contributed by atoms with E-state index in [1.807, 2.05) is 18.9 Å². The monoisotopic (exact) mass is 292 g/mol. The molecule has 4 atom stereocenters. The van der Waals surface area contributed by atoms with Crippen molar-refractivity contribution in [2.45, 2.75) is 58.0 Å². The van der Waals surface area contributed by atoms with E-state index in [0.29, 0.717) is 30.1 Å². The maximum Gasteiger partial charge on any atom is 0.273 e. The molecule has 6 heteroatoms. The summed E-state index contributed by atoms with van der Waals surface area (Å²) in [4.78, 5) is 19.2. The van der Waals surface area contributed by atoms with Crippen LogP contribution in [-0.2, 0) is 11.2 Å². The van der Waals surface area contributed by atoms with Crippen molar-refractivity contribution < 1.29 is 9.32 Å². The highest BCUT2D eigenvalue weighted by atomic mass is 16.5. The first-order chi connectivity index (χ1) is 10.2. The van der Waals surface area contributed by atoms with Crippen LogP contribution in [0.15, 0.2) is 4.52 Å². The summed E-state index contributed by atoms with van der Waals surface area (Å²) < 4.78 is 5.22. The van der Waals surface area contributed by atoms with Crippen LogP contribution in [0.25, 0.3) is 0 Å². The number of nitrogens with zero attached hydrogens (tertiary/aromatic N) is 3. The van der Waals surface area contributed by atoms with Gasteiger partial charge in [0.25, 0.3) is 5.95 Å². The fourth-order valence-electron chi connectivity index (χ4n) is 3.94. The van der Waals surface area contributed by atoms with Crippen molar-refractivity contribution in [1.29, 1.82) is 0 Å². The lowest BCUT2D eigenvalue weighted by atomic mass is 9.90. The second kappa shape index (κ2) is 5.75. The number of likely N-dealkylation sites (N-methyl/N-ethyl adjacent to an activating group) is 1. The van der Waals surface area contributed by atoms with Crippen LogP contribution in [0.5, 0.6) is 0 Å². The Morgan fingerprint density at radius 2 is 2.24 bits per heavy atom. The molecular formula is C15H24N4O2. The van der Waals surface area contributed by atoms with Crippen LogP contribution < -0.4 is 10.2 Å². The van der Waals surface area contributed by atoms with Crippen molar-refractivity contribution >= 4 is 11.9 Å². The summed E-state index contributed by atoms with van der Waals surface area (Å²) in [6.07, 6.45) is 5.17. The van der Waals surface area contributed by atoms with Crippen LogP contribution in [0.2, 0.25) is 0 Å². The van der Waals surface area contributed by atoms with Crippen LogP contribution in [-0.4, -0.2) is 35.2 Å². The molecule has 1 amide bonds. The van der Waals surface area contributed by atoms with Crippen molar-refractivity contribution in [3.63, 3.8) is 0 Å². The Balaban J connectivity index is 1.98. The van der Waals surface area contributed by atoms with E-state index in [9.17, 15) is 4.79 Å². The number of carbonyl (C=O) groups excluding carboxylic acids is 1. The van der Waals surface area contributed by atoms with Gasteiger partial charge in [0.15, 0.2) is 0 Å². The molecule has 1 aromatic heterocycles. The Bertz CT molecular complexity index is 516. The molecule has 21 heavy (non-hydrogen) atoms. The molecule has 116 valence electrons. The molecule has 0 bridgehead atoms. The minimum atomic E-state index is -0.167. The summed E-state index contributed by atoms with van der Waals surface area (Å²) in [5.74, 6) is 2.00. The summed E-state index contributed by atoms with van der Waals surface area (Å²) in [5, 5.41) is 7.22. The fraction of sp³-hybridized carbons (Fsp3) is 0.800. The number of hydrogen-bond donors (Lipinski definition) is 1. The first kappa shape index (κ1) is 14.5. The highest BCUT2D eigenvalue weighted by molar-refractivity contribution is 5.96. The lowest BCUT2D eigenvalue weighted by Gasteiger charge is -2.28. The van der Waals surface area contributed by atoms with Crippen molar-refractivity contribution in [1.82, 2.24) is 15.5 Å². The molecule has 6 nitrogen and oxygen atoms in total. The van der Waals surface area contributed by atoms with Crippen molar-refractivity contribution in [3.05, 3.63) is 5.89 Å². The molecular weight excluding hydrogens is 268 g/mol. The Labute approximate surface area is 125 Å². The van der Waals surface area contributed by atoms with Gasteiger partial charge < -0.3 is 9.84 Å². The van der Waals surface area contributed by atoms with E-state index < -0.39 is 0 Å². The lowest BCUT2D eigenvalue weighted by molar-refractivity contribution is -0.121. The number of aromatic nitrogens is 2. The average Bonchev–Trinajstić information content (AvgIpc) is 3.08. The Morgan fingerprint density at radius 1 is 1.43 bits per heavy atom. The van der Waals surface area contributed by atoms with Gasteiger partial charge in [-0.3, -0.25) is 9.69 Å². The zero-order valence-corrected chi connectivity index (χ0v) is 13.0. The first-order valence-electron chi connectivity index (χ1n) is 7.98. The molecule has 1 N–H and O–H groups in total. The van der Waals surface area contributed by atoms with E-state index in [4.69, 9.17) is 4.52 Å². The highest BCUT2D eigenvalue weighted by Crippen LogP contribution is 2.39. The van der Waals surface area contributed by atoms with Gasteiger partial charge in [0.1, 0.15) is 0 Å². The van der Waals surface area contributed by atoms with Gasteiger partial charge in [-0.2, -0.15) is 4.98 Å². The summed E-state index contributed by atoms with van der Waals surface area (Å²) in [6, 6.07) is 0.0554. The summed E-state index contributed by atoms with van der Waals surface area (Å²) >= 11 is 0. The lowest BCUT2D eigenvalue weighted by Crippen LogP contribution is -2.50. The molecule has 2 fully saturated rings. The predicted octanol–water partition coefficient (Wildman–Crippen LogP) is 1.76. The van der Waals surface area contributed by atoms with E-state index in [1.165, 1.54) is 12.8 Å². The number of aryl methyl sites for hydroxylation is 1. The van der Waals surface area contributed by atoms with E-state index in [-0.39, 0.29) is 18.0 Å². The molecule has 2 heterocycles. The van der Waals surface area contributed by atoms with E-state index in [1.54, 1.807) is 0 Å². The SMILES string of the molecule is CCc1nc(N2C(=O)C(NC)C(C)CC3CCCC32)no1. The predicted molar refractivity (Wildman–Crippen MR) is 78.9 cm³/mol. The number of amides is 1. The standard InChI is InChI=1S/C15H24N4O2/c1-4-12-17-15(18-21-12)19-11-7-5-6-10(11)8-9(2)13(16-3)14(19)20/h9-11,13,16H,4-8H2,1-3H3. The van der Waals surface area contributed by atoms with Gasteiger partial charge in [-0.05, 0) is 43.3 Å². The van der Waals surface area contributed by atoms with Crippen LogP contribution in [0, 0.1) is 11.8 Å². The zero-order valence-electron chi connectivity index (χ0n) is 13.0.